The summed E-state index contributed by atoms with van der Waals surface area (Å²) in [5.41, 5.74) is -0.553. The van der Waals surface area contributed by atoms with Crippen LogP contribution >= 0.6 is 0 Å². The molecular weight excluding hydrogens is 268 g/mol. The third-order valence-electron chi connectivity index (χ3n) is 2.87. The van der Waals surface area contributed by atoms with Gasteiger partial charge in [-0.25, -0.2) is 8.78 Å². The average molecular weight is 285 g/mol. The van der Waals surface area contributed by atoms with Crippen molar-refractivity contribution in [1.29, 1.82) is 0 Å². The highest BCUT2D eigenvalue weighted by Gasteiger charge is 2.19. The minimum atomic E-state index is -1.02. The second kappa shape index (κ2) is 6.45. The second-order valence-electron chi connectivity index (χ2n) is 5.01. The van der Waals surface area contributed by atoms with Gasteiger partial charge in [0.15, 0.2) is 24.0 Å². The summed E-state index contributed by atoms with van der Waals surface area (Å²) in [5.74, 6) is -3.18. The van der Waals surface area contributed by atoms with E-state index < -0.39 is 35.4 Å². The molecule has 1 amide bonds. The van der Waals surface area contributed by atoms with E-state index in [1.54, 1.807) is 0 Å². The molecule has 1 aromatic carbocycles. The SMILES string of the molecule is CCC(C)(C)NC(=O)COc1c(F)cc(C=O)cc1F. The summed E-state index contributed by atoms with van der Waals surface area (Å²) in [4.78, 5) is 22.0. The first kappa shape index (κ1) is 16.1. The Hall–Kier alpha value is -1.98. The molecule has 1 aromatic rings. The third-order valence-corrected chi connectivity index (χ3v) is 2.87. The first-order valence-corrected chi connectivity index (χ1v) is 6.17. The van der Waals surface area contributed by atoms with Crippen LogP contribution in [0.4, 0.5) is 8.78 Å². The minimum absolute atomic E-state index is 0.135. The lowest BCUT2D eigenvalue weighted by molar-refractivity contribution is -0.124. The number of hydrogen-bond acceptors (Lipinski definition) is 3. The molecule has 0 atom stereocenters. The molecule has 0 aliphatic rings. The summed E-state index contributed by atoms with van der Waals surface area (Å²) in [6.07, 6.45) is 1.03. The van der Waals surface area contributed by atoms with Gasteiger partial charge in [0.25, 0.3) is 5.91 Å². The summed E-state index contributed by atoms with van der Waals surface area (Å²) in [6.45, 7) is 5.05. The molecular formula is C14H17F2NO3. The highest BCUT2D eigenvalue weighted by Crippen LogP contribution is 2.22. The van der Waals surface area contributed by atoms with Crippen LogP contribution in [-0.2, 0) is 4.79 Å². The minimum Gasteiger partial charge on any atom is -0.478 e. The van der Waals surface area contributed by atoms with Crippen LogP contribution in [0.25, 0.3) is 0 Å². The first-order chi connectivity index (χ1) is 9.29. The quantitative estimate of drug-likeness (QED) is 0.817. The van der Waals surface area contributed by atoms with Crippen molar-refractivity contribution in [2.75, 3.05) is 6.61 Å². The van der Waals surface area contributed by atoms with Gasteiger partial charge in [-0.2, -0.15) is 0 Å². The molecule has 0 saturated carbocycles. The molecule has 110 valence electrons. The fraction of sp³-hybridized carbons (Fsp3) is 0.429. The predicted molar refractivity (Wildman–Crippen MR) is 69.8 cm³/mol. The average Bonchev–Trinajstić information content (AvgIpc) is 2.36. The molecule has 0 fully saturated rings. The summed E-state index contributed by atoms with van der Waals surface area (Å²) in [5, 5.41) is 2.67. The van der Waals surface area contributed by atoms with E-state index in [-0.39, 0.29) is 5.56 Å². The van der Waals surface area contributed by atoms with E-state index in [4.69, 9.17) is 4.74 Å². The van der Waals surface area contributed by atoms with Crippen molar-refractivity contribution in [3.63, 3.8) is 0 Å². The topological polar surface area (TPSA) is 55.4 Å². The number of nitrogens with one attached hydrogen (secondary N) is 1. The van der Waals surface area contributed by atoms with Crippen LogP contribution in [0.15, 0.2) is 12.1 Å². The summed E-state index contributed by atoms with van der Waals surface area (Å²) < 4.78 is 31.8. The maximum atomic E-state index is 13.5. The van der Waals surface area contributed by atoms with Crippen LogP contribution in [0.3, 0.4) is 0 Å². The summed E-state index contributed by atoms with van der Waals surface area (Å²) >= 11 is 0. The Labute approximate surface area is 116 Å². The van der Waals surface area contributed by atoms with Gasteiger partial charge in [0.2, 0.25) is 0 Å². The largest absolute Gasteiger partial charge is 0.478 e. The Kier molecular flexibility index (Phi) is 5.19. The number of carbonyl (C=O) groups is 2. The lowest BCUT2D eigenvalue weighted by atomic mass is 10.0. The van der Waals surface area contributed by atoms with Gasteiger partial charge < -0.3 is 10.1 Å². The lowest BCUT2D eigenvalue weighted by Gasteiger charge is -2.24. The van der Waals surface area contributed by atoms with Crippen molar-refractivity contribution in [2.24, 2.45) is 0 Å². The fourth-order valence-corrected chi connectivity index (χ4v) is 1.43. The Morgan fingerprint density at radius 1 is 1.35 bits per heavy atom. The van der Waals surface area contributed by atoms with Crippen molar-refractivity contribution in [2.45, 2.75) is 32.7 Å². The van der Waals surface area contributed by atoms with Gasteiger partial charge in [-0.1, -0.05) is 6.92 Å². The molecule has 0 aliphatic heterocycles. The van der Waals surface area contributed by atoms with Crippen LogP contribution in [0.2, 0.25) is 0 Å². The molecule has 1 N–H and O–H groups in total. The van der Waals surface area contributed by atoms with Gasteiger partial charge in [0, 0.05) is 11.1 Å². The van der Waals surface area contributed by atoms with Crippen LogP contribution < -0.4 is 10.1 Å². The van der Waals surface area contributed by atoms with Crippen LogP contribution in [0, 0.1) is 11.6 Å². The molecule has 0 heterocycles. The van der Waals surface area contributed by atoms with E-state index in [0.717, 1.165) is 12.1 Å². The summed E-state index contributed by atoms with van der Waals surface area (Å²) in [7, 11) is 0. The zero-order valence-corrected chi connectivity index (χ0v) is 11.6. The van der Waals surface area contributed by atoms with E-state index in [1.165, 1.54) is 0 Å². The Balaban J connectivity index is 2.71. The van der Waals surface area contributed by atoms with Crippen molar-refractivity contribution in [3.8, 4) is 5.75 Å². The van der Waals surface area contributed by atoms with Crippen LogP contribution in [0.5, 0.6) is 5.75 Å². The maximum Gasteiger partial charge on any atom is 0.258 e. The standard InChI is InChI=1S/C14H17F2NO3/c1-4-14(2,3)17-12(19)8-20-13-10(15)5-9(7-18)6-11(13)16/h5-7H,4,8H2,1-3H3,(H,17,19). The number of carbonyl (C=O) groups excluding carboxylic acids is 2. The highest BCUT2D eigenvalue weighted by atomic mass is 19.1. The molecule has 4 nitrogen and oxygen atoms in total. The van der Waals surface area contributed by atoms with Gasteiger partial charge in [-0.05, 0) is 32.4 Å². The van der Waals surface area contributed by atoms with Crippen molar-refractivity contribution >= 4 is 12.2 Å². The number of amides is 1. The number of rotatable bonds is 6. The molecule has 0 aromatic heterocycles. The normalized spacial score (nSPS) is 11.1. The number of ether oxygens (including phenoxy) is 1. The smallest absolute Gasteiger partial charge is 0.258 e. The molecule has 0 radical (unpaired) electrons. The van der Waals surface area contributed by atoms with E-state index in [9.17, 15) is 18.4 Å². The molecule has 0 unspecified atom stereocenters. The number of halogens is 2. The fourth-order valence-electron chi connectivity index (χ4n) is 1.43. The first-order valence-electron chi connectivity index (χ1n) is 6.17. The number of hydrogen-bond donors (Lipinski definition) is 1. The molecule has 0 saturated heterocycles. The van der Waals surface area contributed by atoms with Gasteiger partial charge in [0.1, 0.15) is 6.29 Å². The molecule has 20 heavy (non-hydrogen) atoms. The Bertz CT molecular complexity index is 492. The van der Waals surface area contributed by atoms with Gasteiger partial charge in [0.05, 0.1) is 0 Å². The van der Waals surface area contributed by atoms with Crippen molar-refractivity contribution in [3.05, 3.63) is 29.3 Å². The second-order valence-corrected chi connectivity index (χ2v) is 5.01. The molecule has 1 rings (SSSR count). The van der Waals surface area contributed by atoms with Crippen LogP contribution in [0.1, 0.15) is 37.6 Å². The zero-order valence-electron chi connectivity index (χ0n) is 11.6. The predicted octanol–water partition coefficient (Wildman–Crippen LogP) is 2.46. The summed E-state index contributed by atoms with van der Waals surface area (Å²) in [6, 6.07) is 1.69. The highest BCUT2D eigenvalue weighted by molar-refractivity contribution is 5.78. The van der Waals surface area contributed by atoms with E-state index in [0.29, 0.717) is 12.7 Å². The maximum absolute atomic E-state index is 13.5. The van der Waals surface area contributed by atoms with Crippen molar-refractivity contribution < 1.29 is 23.1 Å². The van der Waals surface area contributed by atoms with Crippen molar-refractivity contribution in [1.82, 2.24) is 5.32 Å². The van der Waals surface area contributed by atoms with E-state index >= 15 is 0 Å². The third kappa shape index (κ3) is 4.29. The molecule has 0 bridgehead atoms. The number of benzene rings is 1. The van der Waals surface area contributed by atoms with Gasteiger partial charge >= 0.3 is 0 Å². The molecule has 0 spiro atoms. The van der Waals surface area contributed by atoms with Gasteiger partial charge in [-0.3, -0.25) is 9.59 Å². The monoisotopic (exact) mass is 285 g/mol. The molecule has 0 aliphatic carbocycles. The molecule has 6 heteroatoms. The zero-order chi connectivity index (χ0) is 15.3. The lowest BCUT2D eigenvalue weighted by Crippen LogP contribution is -2.45. The number of aldehydes is 1. The Morgan fingerprint density at radius 2 is 1.90 bits per heavy atom. The van der Waals surface area contributed by atoms with Gasteiger partial charge in [-0.15, -0.1) is 0 Å². The Morgan fingerprint density at radius 3 is 2.35 bits per heavy atom. The van der Waals surface area contributed by atoms with E-state index in [1.807, 2.05) is 20.8 Å². The van der Waals surface area contributed by atoms with E-state index in [2.05, 4.69) is 5.32 Å². The van der Waals surface area contributed by atoms with Crippen LogP contribution in [-0.4, -0.2) is 24.3 Å².